The molecule has 0 aliphatic rings. The van der Waals surface area contributed by atoms with Crippen molar-refractivity contribution in [3.63, 3.8) is 0 Å². The fraction of sp³-hybridized carbons (Fsp3) is 0.235. The Bertz CT molecular complexity index is 780. The summed E-state index contributed by atoms with van der Waals surface area (Å²) in [6.45, 7) is 3.38. The van der Waals surface area contributed by atoms with Gasteiger partial charge in [0.2, 0.25) is 0 Å². The van der Waals surface area contributed by atoms with E-state index in [0.29, 0.717) is 5.69 Å². The van der Waals surface area contributed by atoms with Gasteiger partial charge in [0.15, 0.2) is 0 Å². The molecule has 5 nitrogen and oxygen atoms in total. The molecule has 0 amide bonds. The number of benzene rings is 2. The minimum absolute atomic E-state index is 0.128. The number of hydrogen-bond donors (Lipinski definition) is 0. The summed E-state index contributed by atoms with van der Waals surface area (Å²) in [5.74, 6) is -0.622. The summed E-state index contributed by atoms with van der Waals surface area (Å²) >= 11 is 0. The zero-order valence-electron chi connectivity index (χ0n) is 13.3. The third-order valence-electron chi connectivity index (χ3n) is 3.33. The first kappa shape index (κ1) is 17.0. The Morgan fingerprint density at radius 1 is 1.04 bits per heavy atom. The standard InChI is InChI=1S/C17H19NO4S/c1-13-9-14(2)11-15(10-13)18(12-17(19)22-3)23(20,21)16-7-5-4-6-8-16/h4-11H,12H2,1-3H3. The van der Waals surface area contributed by atoms with E-state index in [1.165, 1.54) is 19.2 Å². The summed E-state index contributed by atoms with van der Waals surface area (Å²) in [6, 6.07) is 13.4. The van der Waals surface area contributed by atoms with E-state index in [1.54, 1.807) is 30.3 Å². The van der Waals surface area contributed by atoms with Crippen LogP contribution in [0.4, 0.5) is 5.69 Å². The van der Waals surface area contributed by atoms with E-state index in [-0.39, 0.29) is 11.4 Å². The third-order valence-corrected chi connectivity index (χ3v) is 5.11. The van der Waals surface area contributed by atoms with Crippen molar-refractivity contribution in [2.24, 2.45) is 0 Å². The van der Waals surface area contributed by atoms with Gasteiger partial charge in [-0.15, -0.1) is 0 Å². The first-order valence-corrected chi connectivity index (χ1v) is 8.51. The lowest BCUT2D eigenvalue weighted by molar-refractivity contribution is -0.138. The monoisotopic (exact) mass is 333 g/mol. The predicted octanol–water partition coefficient (Wildman–Crippen LogP) is 2.67. The molecule has 0 saturated carbocycles. The number of hydrogen-bond acceptors (Lipinski definition) is 4. The summed E-state index contributed by atoms with van der Waals surface area (Å²) < 4.78 is 31.6. The minimum Gasteiger partial charge on any atom is -0.468 e. The van der Waals surface area contributed by atoms with Gasteiger partial charge in [0.1, 0.15) is 6.54 Å². The lowest BCUT2D eigenvalue weighted by Gasteiger charge is -2.24. The van der Waals surface area contributed by atoms with E-state index in [4.69, 9.17) is 0 Å². The van der Waals surface area contributed by atoms with Crippen LogP contribution in [0, 0.1) is 13.8 Å². The third kappa shape index (κ3) is 3.90. The molecule has 0 spiro atoms. The first-order valence-electron chi connectivity index (χ1n) is 7.07. The van der Waals surface area contributed by atoms with E-state index in [2.05, 4.69) is 4.74 Å². The Labute approximate surface area is 136 Å². The fourth-order valence-corrected chi connectivity index (χ4v) is 3.73. The van der Waals surface area contributed by atoms with Crippen LogP contribution >= 0.6 is 0 Å². The van der Waals surface area contributed by atoms with Crippen LogP contribution in [0.5, 0.6) is 0 Å². The smallest absolute Gasteiger partial charge is 0.326 e. The lowest BCUT2D eigenvalue weighted by Crippen LogP contribution is -2.36. The minimum atomic E-state index is -3.86. The van der Waals surface area contributed by atoms with Crippen molar-refractivity contribution in [3.8, 4) is 0 Å². The van der Waals surface area contributed by atoms with Gasteiger partial charge in [0.05, 0.1) is 17.7 Å². The maximum absolute atomic E-state index is 12.9. The normalized spacial score (nSPS) is 11.1. The summed E-state index contributed by atoms with van der Waals surface area (Å²) in [5.41, 5.74) is 2.27. The highest BCUT2D eigenvalue weighted by Gasteiger charge is 2.27. The van der Waals surface area contributed by atoms with Crippen LogP contribution in [0.3, 0.4) is 0 Å². The molecule has 0 heterocycles. The van der Waals surface area contributed by atoms with E-state index < -0.39 is 16.0 Å². The van der Waals surface area contributed by atoms with E-state index in [1.807, 2.05) is 19.9 Å². The second-order valence-electron chi connectivity index (χ2n) is 5.25. The highest BCUT2D eigenvalue weighted by molar-refractivity contribution is 7.92. The van der Waals surface area contributed by atoms with Gasteiger partial charge in [-0.1, -0.05) is 24.3 Å². The average molecular weight is 333 g/mol. The molecule has 0 saturated heterocycles. The van der Waals surface area contributed by atoms with Gasteiger partial charge in [-0.25, -0.2) is 8.42 Å². The average Bonchev–Trinajstić information content (AvgIpc) is 2.52. The van der Waals surface area contributed by atoms with Crippen LogP contribution < -0.4 is 4.31 Å². The van der Waals surface area contributed by atoms with Crippen LogP contribution in [0.2, 0.25) is 0 Å². The molecule has 0 atom stereocenters. The van der Waals surface area contributed by atoms with Gasteiger partial charge >= 0.3 is 5.97 Å². The molecule has 0 aliphatic heterocycles. The van der Waals surface area contributed by atoms with Crippen molar-refractivity contribution in [2.45, 2.75) is 18.7 Å². The Balaban J connectivity index is 2.56. The van der Waals surface area contributed by atoms with Crippen molar-refractivity contribution in [1.29, 1.82) is 0 Å². The molecule has 0 bridgehead atoms. The van der Waals surface area contributed by atoms with Gasteiger partial charge in [-0.2, -0.15) is 0 Å². The van der Waals surface area contributed by atoms with E-state index >= 15 is 0 Å². The van der Waals surface area contributed by atoms with Crippen molar-refractivity contribution < 1.29 is 17.9 Å². The second-order valence-corrected chi connectivity index (χ2v) is 7.11. The van der Waals surface area contributed by atoms with Crippen LogP contribution in [-0.2, 0) is 19.6 Å². The van der Waals surface area contributed by atoms with Gasteiger partial charge in [0, 0.05) is 0 Å². The number of carbonyl (C=O) groups is 1. The summed E-state index contributed by atoms with van der Waals surface area (Å²) in [5, 5.41) is 0. The molecule has 0 N–H and O–H groups in total. The van der Waals surface area contributed by atoms with Crippen molar-refractivity contribution in [3.05, 3.63) is 59.7 Å². The van der Waals surface area contributed by atoms with Crippen LogP contribution in [0.25, 0.3) is 0 Å². The number of ether oxygens (including phenoxy) is 1. The number of nitrogens with zero attached hydrogens (tertiary/aromatic N) is 1. The molecule has 0 aliphatic carbocycles. The van der Waals surface area contributed by atoms with Crippen molar-refractivity contribution in [1.82, 2.24) is 0 Å². The number of aryl methyl sites for hydroxylation is 2. The number of methoxy groups -OCH3 is 1. The number of sulfonamides is 1. The summed E-state index contributed by atoms with van der Waals surface area (Å²) in [7, 11) is -2.63. The van der Waals surface area contributed by atoms with E-state index in [0.717, 1.165) is 15.4 Å². The molecule has 0 unspecified atom stereocenters. The number of esters is 1. The Morgan fingerprint density at radius 2 is 1.61 bits per heavy atom. The molecule has 122 valence electrons. The van der Waals surface area contributed by atoms with Crippen LogP contribution in [0.15, 0.2) is 53.4 Å². The van der Waals surface area contributed by atoms with Gasteiger partial charge in [-0.05, 0) is 49.2 Å². The molecule has 6 heteroatoms. The van der Waals surface area contributed by atoms with Gasteiger partial charge < -0.3 is 4.74 Å². The molecule has 2 rings (SSSR count). The highest BCUT2D eigenvalue weighted by Crippen LogP contribution is 2.25. The molecule has 0 fully saturated rings. The molecule has 2 aromatic carbocycles. The molecule has 23 heavy (non-hydrogen) atoms. The first-order chi connectivity index (χ1) is 10.8. The summed E-state index contributed by atoms with van der Waals surface area (Å²) in [6.07, 6.45) is 0. The Morgan fingerprint density at radius 3 is 2.13 bits per heavy atom. The quantitative estimate of drug-likeness (QED) is 0.789. The maximum atomic E-state index is 12.9. The zero-order valence-corrected chi connectivity index (χ0v) is 14.1. The van der Waals surface area contributed by atoms with Gasteiger partial charge in [-0.3, -0.25) is 9.10 Å². The number of carbonyl (C=O) groups excluding carboxylic acids is 1. The van der Waals surface area contributed by atoms with Gasteiger partial charge in [0.25, 0.3) is 10.0 Å². The highest BCUT2D eigenvalue weighted by atomic mass is 32.2. The predicted molar refractivity (Wildman–Crippen MR) is 88.9 cm³/mol. The fourth-order valence-electron chi connectivity index (χ4n) is 2.31. The number of anilines is 1. The number of rotatable bonds is 5. The topological polar surface area (TPSA) is 63.7 Å². The molecular weight excluding hydrogens is 314 g/mol. The Kier molecular flexibility index (Phi) is 5.05. The largest absolute Gasteiger partial charge is 0.468 e. The molecule has 0 radical (unpaired) electrons. The second kappa shape index (κ2) is 6.83. The van der Waals surface area contributed by atoms with Crippen LogP contribution in [0.1, 0.15) is 11.1 Å². The van der Waals surface area contributed by atoms with Crippen LogP contribution in [-0.4, -0.2) is 28.0 Å². The van der Waals surface area contributed by atoms with E-state index in [9.17, 15) is 13.2 Å². The summed E-state index contributed by atoms with van der Waals surface area (Å²) in [4.78, 5) is 11.8. The molecular formula is C17H19NO4S. The molecule has 0 aromatic heterocycles. The van der Waals surface area contributed by atoms with Crippen molar-refractivity contribution >= 4 is 21.7 Å². The molecule has 2 aromatic rings. The van der Waals surface area contributed by atoms with Crippen molar-refractivity contribution in [2.75, 3.05) is 18.0 Å². The SMILES string of the molecule is COC(=O)CN(c1cc(C)cc(C)c1)S(=O)(=O)c1ccccc1. The lowest BCUT2D eigenvalue weighted by atomic mass is 10.1. The zero-order chi connectivity index (χ0) is 17.0. The Hall–Kier alpha value is -2.34. The maximum Gasteiger partial charge on any atom is 0.326 e.